The van der Waals surface area contributed by atoms with Gasteiger partial charge >= 0.3 is 0 Å². The second-order valence-electron chi connectivity index (χ2n) is 12.3. The van der Waals surface area contributed by atoms with E-state index in [4.69, 9.17) is 16.6 Å². The van der Waals surface area contributed by atoms with Crippen LogP contribution in [0.1, 0.15) is 146 Å². The van der Waals surface area contributed by atoms with Crippen LogP contribution < -0.4 is 0 Å². The molecule has 1 fully saturated rings. The highest BCUT2D eigenvalue weighted by atomic mass is 32.1. The number of hydrogen-bond donors (Lipinski definition) is 0. The molecule has 0 N–H and O–H groups in total. The van der Waals surface area contributed by atoms with Crippen LogP contribution >= 0.6 is 12.2 Å². The smallest absolute Gasteiger partial charge is 0.198 e. The van der Waals surface area contributed by atoms with E-state index in [0.717, 1.165) is 46.9 Å². The molecule has 0 bridgehead atoms. The van der Waals surface area contributed by atoms with Gasteiger partial charge < -0.3 is 4.42 Å². The third-order valence-electron chi connectivity index (χ3n) is 9.26. The van der Waals surface area contributed by atoms with Gasteiger partial charge in [-0.25, -0.2) is 4.39 Å². The Kier molecular flexibility index (Phi) is 12.3. The summed E-state index contributed by atoms with van der Waals surface area (Å²) < 4.78 is 21.9. The number of hydrogen-bond acceptors (Lipinski definition) is 2. The van der Waals surface area contributed by atoms with E-state index in [1.807, 2.05) is 12.1 Å². The SMILES string of the molecule is CCCCCCCCCC1CCC(c2ccc3c(c2)c(=S)oc2c(F)c(CCCCCCCC)ccc23)CC1. The van der Waals surface area contributed by atoms with Crippen LogP contribution in [0.3, 0.4) is 0 Å². The minimum absolute atomic E-state index is 0.225. The van der Waals surface area contributed by atoms with Gasteiger partial charge in [0, 0.05) is 10.8 Å². The van der Waals surface area contributed by atoms with Crippen molar-refractivity contribution in [3.63, 3.8) is 0 Å². The molecular formula is C36H51FOS. The summed E-state index contributed by atoms with van der Waals surface area (Å²) in [6.07, 6.45) is 24.4. The van der Waals surface area contributed by atoms with E-state index in [2.05, 4.69) is 32.0 Å². The lowest BCUT2D eigenvalue weighted by Crippen LogP contribution is -2.13. The molecule has 4 rings (SSSR count). The molecule has 214 valence electrons. The third kappa shape index (κ3) is 8.38. The highest BCUT2D eigenvalue weighted by molar-refractivity contribution is 7.71. The quantitative estimate of drug-likeness (QED) is 0.0999. The zero-order valence-corrected chi connectivity index (χ0v) is 25.5. The first-order chi connectivity index (χ1) is 19.1. The number of aryl methyl sites for hydroxylation is 1. The molecule has 1 aliphatic carbocycles. The topological polar surface area (TPSA) is 13.1 Å². The molecule has 0 unspecified atom stereocenters. The van der Waals surface area contributed by atoms with Crippen LogP contribution in [0.2, 0.25) is 0 Å². The summed E-state index contributed by atoms with van der Waals surface area (Å²) in [5.41, 5.74) is 2.45. The molecule has 1 saturated carbocycles. The second-order valence-corrected chi connectivity index (χ2v) is 12.6. The summed E-state index contributed by atoms with van der Waals surface area (Å²) >= 11 is 5.67. The van der Waals surface area contributed by atoms with E-state index < -0.39 is 0 Å². The van der Waals surface area contributed by atoms with Gasteiger partial charge in [-0.15, -0.1) is 0 Å². The molecule has 3 aromatic rings. The Bertz CT molecular complexity index is 1220. The van der Waals surface area contributed by atoms with E-state index in [0.29, 0.717) is 16.2 Å². The Hall–Kier alpha value is -1.74. The van der Waals surface area contributed by atoms with Crippen LogP contribution in [-0.4, -0.2) is 0 Å². The van der Waals surface area contributed by atoms with Crippen molar-refractivity contribution in [3.05, 3.63) is 52.0 Å². The van der Waals surface area contributed by atoms with E-state index in [9.17, 15) is 0 Å². The summed E-state index contributed by atoms with van der Waals surface area (Å²) in [7, 11) is 0. The maximum atomic E-state index is 15.5. The molecule has 0 spiro atoms. The van der Waals surface area contributed by atoms with Gasteiger partial charge in [-0.2, -0.15) is 0 Å². The predicted octanol–water partition coefficient (Wildman–Crippen LogP) is 12.8. The monoisotopic (exact) mass is 550 g/mol. The summed E-state index contributed by atoms with van der Waals surface area (Å²) in [6, 6.07) is 10.7. The Morgan fingerprint density at radius 1 is 0.718 bits per heavy atom. The van der Waals surface area contributed by atoms with Crippen LogP contribution in [0.4, 0.5) is 4.39 Å². The first-order valence-corrected chi connectivity index (χ1v) is 16.7. The zero-order valence-electron chi connectivity index (χ0n) is 24.7. The van der Waals surface area contributed by atoms with Gasteiger partial charge in [0.05, 0.1) is 0 Å². The van der Waals surface area contributed by atoms with Crippen molar-refractivity contribution in [3.8, 4) is 0 Å². The fourth-order valence-corrected chi connectivity index (χ4v) is 6.99. The Morgan fingerprint density at radius 3 is 2.03 bits per heavy atom. The first kappa shape index (κ1) is 30.2. The predicted molar refractivity (Wildman–Crippen MR) is 169 cm³/mol. The minimum Gasteiger partial charge on any atom is -0.441 e. The van der Waals surface area contributed by atoms with E-state index in [1.54, 1.807) is 0 Å². The molecule has 0 radical (unpaired) electrons. The maximum absolute atomic E-state index is 15.5. The largest absolute Gasteiger partial charge is 0.441 e. The fraction of sp³-hybridized carbons (Fsp3) is 0.639. The van der Waals surface area contributed by atoms with Crippen LogP contribution in [0.15, 0.2) is 34.7 Å². The summed E-state index contributed by atoms with van der Waals surface area (Å²) in [5, 5.41) is 2.82. The van der Waals surface area contributed by atoms with Gasteiger partial charge in [-0.05, 0) is 85.2 Å². The second kappa shape index (κ2) is 15.9. The van der Waals surface area contributed by atoms with Gasteiger partial charge in [0.15, 0.2) is 16.1 Å². The van der Waals surface area contributed by atoms with Crippen LogP contribution in [0.5, 0.6) is 0 Å². The zero-order chi connectivity index (χ0) is 27.5. The molecule has 1 aromatic heterocycles. The van der Waals surface area contributed by atoms with Gasteiger partial charge in [-0.3, -0.25) is 0 Å². The van der Waals surface area contributed by atoms with Gasteiger partial charge in [0.25, 0.3) is 0 Å². The van der Waals surface area contributed by atoms with Gasteiger partial charge in [0.1, 0.15) is 0 Å². The lowest BCUT2D eigenvalue weighted by molar-refractivity contribution is 0.302. The van der Waals surface area contributed by atoms with Gasteiger partial charge in [-0.1, -0.05) is 122 Å². The van der Waals surface area contributed by atoms with E-state index in [-0.39, 0.29) is 5.82 Å². The summed E-state index contributed by atoms with van der Waals surface area (Å²) in [4.78, 5) is 0. The third-order valence-corrected chi connectivity index (χ3v) is 9.56. The Morgan fingerprint density at radius 2 is 1.33 bits per heavy atom. The molecular weight excluding hydrogens is 499 g/mol. The number of rotatable bonds is 16. The first-order valence-electron chi connectivity index (χ1n) is 16.3. The van der Waals surface area contributed by atoms with E-state index >= 15 is 4.39 Å². The minimum atomic E-state index is -0.225. The number of fused-ring (bicyclic) bond motifs is 3. The van der Waals surface area contributed by atoms with Crippen molar-refractivity contribution in [2.75, 3.05) is 0 Å². The van der Waals surface area contributed by atoms with Crippen molar-refractivity contribution in [2.24, 2.45) is 5.92 Å². The average molecular weight is 551 g/mol. The maximum Gasteiger partial charge on any atom is 0.198 e. The average Bonchev–Trinajstić information content (AvgIpc) is 2.96. The molecule has 0 atom stereocenters. The molecule has 39 heavy (non-hydrogen) atoms. The van der Waals surface area contributed by atoms with Crippen molar-refractivity contribution >= 4 is 34.0 Å². The number of benzene rings is 2. The number of halogens is 1. The fourth-order valence-electron chi connectivity index (χ4n) is 6.74. The van der Waals surface area contributed by atoms with Crippen LogP contribution in [0, 0.1) is 16.4 Å². The Labute approximate surface area is 242 Å². The lowest BCUT2D eigenvalue weighted by atomic mass is 9.76. The van der Waals surface area contributed by atoms with Crippen LogP contribution in [-0.2, 0) is 6.42 Å². The van der Waals surface area contributed by atoms with E-state index in [1.165, 1.54) is 108 Å². The molecule has 1 aliphatic rings. The molecule has 1 heterocycles. The normalized spacial score (nSPS) is 17.8. The van der Waals surface area contributed by atoms with Crippen molar-refractivity contribution in [1.29, 1.82) is 0 Å². The molecule has 0 amide bonds. The van der Waals surface area contributed by atoms with Crippen molar-refractivity contribution in [1.82, 2.24) is 0 Å². The number of unbranched alkanes of at least 4 members (excludes halogenated alkanes) is 11. The van der Waals surface area contributed by atoms with Crippen molar-refractivity contribution in [2.45, 2.75) is 142 Å². The summed E-state index contributed by atoms with van der Waals surface area (Å²) in [5.74, 6) is 1.28. The van der Waals surface area contributed by atoms with Gasteiger partial charge in [0.2, 0.25) is 0 Å². The van der Waals surface area contributed by atoms with Crippen LogP contribution in [0.25, 0.3) is 21.7 Å². The van der Waals surface area contributed by atoms with Crippen molar-refractivity contribution < 1.29 is 8.81 Å². The highest BCUT2D eigenvalue weighted by Gasteiger charge is 2.23. The lowest BCUT2D eigenvalue weighted by Gasteiger charge is -2.29. The standard InChI is InChI=1S/C36H51FOS/c1-3-5-7-9-11-12-14-16-27-18-20-28(21-19-27)30-23-24-31-32-25-22-29(17-15-13-10-8-6-4-2)34(37)35(32)38-36(39)33(31)26-30/h22-28H,3-21H2,1-2H3. The summed E-state index contributed by atoms with van der Waals surface area (Å²) in [6.45, 7) is 4.52. The molecule has 3 heteroatoms. The molecule has 2 aromatic carbocycles. The Balaban J connectivity index is 1.35. The molecule has 0 saturated heterocycles. The molecule has 0 aliphatic heterocycles. The molecule has 1 nitrogen and oxygen atoms in total. The highest BCUT2D eigenvalue weighted by Crippen LogP contribution is 2.40.